The molecule has 2 atom stereocenters. The van der Waals surface area contributed by atoms with Crippen molar-refractivity contribution in [2.45, 2.75) is 60.3 Å². The molecule has 138 heavy (non-hydrogen) atoms. The van der Waals surface area contributed by atoms with E-state index in [9.17, 15) is 37.1 Å². The van der Waals surface area contributed by atoms with Crippen molar-refractivity contribution in [2.75, 3.05) is 169 Å². The molecule has 7 aromatic carbocycles. The first-order chi connectivity index (χ1) is 66.0. The Morgan fingerprint density at radius 3 is 0.957 bits per heavy atom. The number of rotatable bonds is 10. The SMILES string of the molecule is C.C=O.C[C@@H]1CN(c2ncccc2Cl)CCN1C(=O)Nc1nc2ccc(Cl)cc2s1.Cc1ccc2nc(NC(=O)N3CCN(c4ccccc4Cl)CC3)sc2c1.Cc1ccc2nc(NC(=O)N3CCN(c4ncccc4C(F)(F)F)C[C@H]3C)sc2c1.Cc1ccc2nc(NC(=O)N3CCN(c4ncccc4Cl)CC3)sc2c1.O=C(Nc1nc2ccc(Cl)cc2s1)N1CCN(c2ccccc2Cl)CC1. The number of aromatic nitrogens is 8. The third-order valence-corrected chi connectivity index (χ3v) is 29.1. The summed E-state index contributed by atoms with van der Waals surface area (Å²) in [6.07, 6.45) is 0.329. The smallest absolute Gasteiger partial charge is 0.367 e. The molecule has 29 nitrogen and oxygen atoms in total. The number of carbonyl (C=O) groups excluding carboxylic acids is 6. The van der Waals surface area contributed by atoms with Gasteiger partial charge in [0.25, 0.3) is 0 Å². The lowest BCUT2D eigenvalue weighted by Gasteiger charge is -2.40. The normalized spacial score (nSPS) is 15.5. The van der Waals surface area contributed by atoms with Gasteiger partial charge in [0.15, 0.2) is 25.7 Å². The molecule has 10 amide bonds. The standard InChI is InChI=1S/C20H20F3N5OS.C19H19ClN4OS.C18H17Cl2N5OS.C18H16Cl2N4OS.C18H18ClN5OS.CH2O.CH4/c1-12-5-6-15-16(10-12)30-18(25-15)26-19(29)28-9-8-27(11-13(28)2)17-14(20(21,22)23)4-3-7-24-17;1-13-6-7-15-17(12-13)26-18(21-15)22-19(25)24-10-8-23(9-11-24)16-5-3-2-4-14(16)20;1-11-10-24(16-13(20)3-2-6-21-16)7-8-25(11)18(26)23-17-22-14-5-4-12(19)9-15(14)27-17;19-12-5-6-14-16(11-12)26-17(21-14)22-18(25)24-9-7-23(8-10-24)15-4-2-1-3-13(15)20;1-12-4-5-14-15(11-12)26-17(21-14)22-18(25)24-9-7-23(8-10-24)16-13(19)3-2-6-20-16;1-2;/h3-7,10,13H,8-9,11H2,1-2H3,(H,25,26,29);2-7,12H,8-11H2,1H3,(H,21,22,25);2-6,9,11H,7-8,10H2,1H3,(H,22,23,26);1-6,11H,7-10H2,(H,21,22,25);2-6,11H,7-10H2,1H3,(H,21,22,25);1H2;1H4/t13-;;11-;;;;/m1.1..../s1. The fraction of sp³-hybridized carbons (Fsp3) is 0.284. The van der Waals surface area contributed by atoms with E-state index in [2.05, 4.69) is 105 Å². The summed E-state index contributed by atoms with van der Waals surface area (Å²) >= 11 is 44.2. The number of anilines is 10. The Kier molecular flexibility index (Phi) is 34.4. The predicted octanol–water partition coefficient (Wildman–Crippen LogP) is 23.5. The summed E-state index contributed by atoms with van der Waals surface area (Å²) < 4.78 is 45.0. The van der Waals surface area contributed by atoms with E-state index < -0.39 is 11.7 Å². The molecule has 15 aromatic rings. The zero-order valence-electron chi connectivity index (χ0n) is 74.5. The molecule has 5 aliphatic rings. The van der Waals surface area contributed by atoms with E-state index in [1.165, 1.54) is 80.1 Å². The Labute approximate surface area is 844 Å². The maximum absolute atomic E-state index is 13.3. The fourth-order valence-electron chi connectivity index (χ4n) is 15.8. The van der Waals surface area contributed by atoms with Crippen LogP contribution >= 0.6 is 126 Å². The third kappa shape index (κ3) is 25.7. The lowest BCUT2D eigenvalue weighted by atomic mass is 10.1. The van der Waals surface area contributed by atoms with E-state index in [1.807, 2.05) is 184 Å². The summed E-state index contributed by atoms with van der Waals surface area (Å²) in [6, 6.07) is 53.1. The van der Waals surface area contributed by atoms with Gasteiger partial charge in [-0.25, -0.2) is 63.8 Å². The van der Waals surface area contributed by atoms with Gasteiger partial charge in [-0.1, -0.05) is 176 Å². The van der Waals surface area contributed by atoms with Crippen molar-refractivity contribution < 1.29 is 41.9 Å². The van der Waals surface area contributed by atoms with Crippen molar-refractivity contribution in [1.82, 2.24) is 64.4 Å². The number of piperazine rings is 5. The van der Waals surface area contributed by atoms with Crippen LogP contribution in [0.3, 0.4) is 0 Å². The van der Waals surface area contributed by atoms with Crippen molar-refractivity contribution in [3.63, 3.8) is 0 Å². The molecule has 0 spiro atoms. The van der Waals surface area contributed by atoms with Crippen LogP contribution in [0.4, 0.5) is 91.6 Å². The van der Waals surface area contributed by atoms with Crippen molar-refractivity contribution in [2.24, 2.45) is 0 Å². The third-order valence-electron chi connectivity index (χ3n) is 22.7. The number of nitrogens with one attached hydrogen (secondary N) is 5. The number of fused-ring (bicyclic) bond motifs is 5. The van der Waals surface area contributed by atoms with E-state index in [-0.39, 0.29) is 75.1 Å². The van der Waals surface area contributed by atoms with Crippen LogP contribution in [0.1, 0.15) is 43.5 Å². The Bertz CT molecular complexity index is 6450. The summed E-state index contributed by atoms with van der Waals surface area (Å²) in [5.74, 6) is 1.43. The van der Waals surface area contributed by atoms with Gasteiger partial charge >= 0.3 is 36.3 Å². The number of alkyl halides is 3. The zero-order chi connectivity index (χ0) is 96.7. The molecule has 720 valence electrons. The van der Waals surface area contributed by atoms with Gasteiger partial charge in [0.05, 0.1) is 88.1 Å². The number of thiazole rings is 5. The van der Waals surface area contributed by atoms with Gasteiger partial charge < -0.3 is 53.8 Å². The predicted molar refractivity (Wildman–Crippen MR) is 560 cm³/mol. The minimum absolute atomic E-state index is 0. The van der Waals surface area contributed by atoms with Crippen LogP contribution in [0, 0.1) is 20.8 Å². The lowest BCUT2D eigenvalue weighted by Crippen LogP contribution is -2.55. The molecule has 43 heteroatoms. The Hall–Kier alpha value is -12.0. The second-order valence-corrected chi connectivity index (χ2v) is 39.8. The van der Waals surface area contributed by atoms with Crippen LogP contribution in [0.15, 0.2) is 195 Å². The number of nitrogens with zero attached hydrogens (tertiary/aromatic N) is 18. The maximum Gasteiger partial charge on any atom is 0.419 e. The largest absolute Gasteiger partial charge is 0.419 e. The number of halogens is 9. The first kappa shape index (κ1) is 102. The zero-order valence-corrected chi connectivity index (χ0v) is 83.1. The highest BCUT2D eigenvalue weighted by Gasteiger charge is 2.39. The van der Waals surface area contributed by atoms with Gasteiger partial charge in [0, 0.05) is 159 Å². The summed E-state index contributed by atoms with van der Waals surface area (Å²) in [5.41, 5.74) is 9.05. The Morgan fingerprint density at radius 2 is 0.623 bits per heavy atom. The Morgan fingerprint density at radius 1 is 0.341 bits per heavy atom. The minimum Gasteiger partial charge on any atom is -0.367 e. The van der Waals surface area contributed by atoms with Gasteiger partial charge in [-0.3, -0.25) is 26.6 Å². The molecule has 0 aliphatic carbocycles. The molecule has 5 aliphatic heterocycles. The van der Waals surface area contributed by atoms with Crippen LogP contribution in [0.25, 0.3) is 51.1 Å². The number of amides is 10. The van der Waals surface area contributed by atoms with Gasteiger partial charge in [-0.2, -0.15) is 13.2 Å². The number of urea groups is 5. The van der Waals surface area contributed by atoms with E-state index >= 15 is 0 Å². The summed E-state index contributed by atoms with van der Waals surface area (Å²) in [6.45, 7) is 22.8. The summed E-state index contributed by atoms with van der Waals surface area (Å²) in [7, 11) is 0. The molecule has 0 radical (unpaired) electrons. The fourth-order valence-corrected chi connectivity index (χ4v) is 21.9. The average molecular weight is 2090 g/mol. The molecular formula is C95H96Cl6F3N23O6S5. The Balaban J connectivity index is 0.000000137. The summed E-state index contributed by atoms with van der Waals surface area (Å²) in [5, 5.41) is 21.5. The van der Waals surface area contributed by atoms with Crippen molar-refractivity contribution in [1.29, 1.82) is 0 Å². The molecule has 20 rings (SSSR count). The number of pyridine rings is 3. The highest BCUT2D eigenvalue weighted by Crippen LogP contribution is 2.39. The molecular weight excluding hydrogens is 1990 g/mol. The first-order valence-corrected chi connectivity index (χ1v) is 49.7. The van der Waals surface area contributed by atoms with Gasteiger partial charge in [-0.15, -0.1) is 0 Å². The van der Waals surface area contributed by atoms with E-state index in [1.54, 1.807) is 44.1 Å². The minimum atomic E-state index is -4.48. The second kappa shape index (κ2) is 46.6. The van der Waals surface area contributed by atoms with Gasteiger partial charge in [0.2, 0.25) is 0 Å². The monoisotopic (exact) mass is 2080 g/mol. The van der Waals surface area contributed by atoms with Crippen LogP contribution in [0.2, 0.25) is 30.1 Å². The first-order valence-electron chi connectivity index (χ1n) is 43.4. The number of para-hydroxylation sites is 2. The van der Waals surface area contributed by atoms with Crippen LogP contribution < -0.4 is 51.1 Å². The molecule has 13 heterocycles. The van der Waals surface area contributed by atoms with Crippen LogP contribution in [-0.2, 0) is 11.0 Å². The number of carbonyl (C=O) groups is 6. The molecule has 5 fully saturated rings. The van der Waals surface area contributed by atoms with E-state index in [0.717, 1.165) is 122 Å². The van der Waals surface area contributed by atoms with E-state index in [0.29, 0.717) is 118 Å². The van der Waals surface area contributed by atoms with Gasteiger partial charge in [0.1, 0.15) is 24.2 Å². The number of benzene rings is 7. The second-order valence-electron chi connectivity index (χ2n) is 32.2. The molecule has 0 unspecified atom stereocenters. The average Bonchev–Trinajstić information content (AvgIpc) is 1.06. The number of aryl methyl sites for hydroxylation is 3. The molecule has 8 aromatic heterocycles. The quantitative estimate of drug-likeness (QED) is 0.0850. The number of hydrogen-bond acceptors (Lipinski definition) is 24. The molecule has 0 bridgehead atoms. The highest BCUT2D eigenvalue weighted by atomic mass is 35.5. The number of hydrogen-bond donors (Lipinski definition) is 5. The van der Waals surface area contributed by atoms with Crippen molar-refractivity contribution >= 4 is 269 Å². The van der Waals surface area contributed by atoms with Crippen molar-refractivity contribution in [3.05, 3.63) is 247 Å². The molecule has 5 N–H and O–H groups in total. The highest BCUT2D eigenvalue weighted by molar-refractivity contribution is 7.23. The molecule has 5 saturated heterocycles. The topological polar surface area (TPSA) is 298 Å². The van der Waals surface area contributed by atoms with Crippen LogP contribution in [-0.4, -0.2) is 231 Å². The summed E-state index contributed by atoms with van der Waals surface area (Å²) in [4.78, 5) is 125. The lowest BCUT2D eigenvalue weighted by molar-refractivity contribution is -0.137. The molecule has 0 saturated carbocycles. The van der Waals surface area contributed by atoms with Gasteiger partial charge in [-0.05, 0) is 185 Å². The maximum atomic E-state index is 13.3. The van der Waals surface area contributed by atoms with E-state index in [4.69, 9.17) is 74.4 Å². The van der Waals surface area contributed by atoms with Crippen LogP contribution in [0.5, 0.6) is 0 Å². The van der Waals surface area contributed by atoms with Crippen molar-refractivity contribution in [3.8, 4) is 0 Å².